The predicted molar refractivity (Wildman–Crippen MR) is 108 cm³/mol. The van der Waals surface area contributed by atoms with Gasteiger partial charge < -0.3 is 9.64 Å². The molecule has 2 heterocycles. The van der Waals surface area contributed by atoms with E-state index in [9.17, 15) is 13.2 Å². The molecule has 0 radical (unpaired) electrons. The molecule has 0 N–H and O–H groups in total. The molecule has 28 heavy (non-hydrogen) atoms. The lowest BCUT2D eigenvalue weighted by Crippen LogP contribution is -2.40. The van der Waals surface area contributed by atoms with Gasteiger partial charge in [-0.15, -0.1) is 11.3 Å². The number of thiophene rings is 1. The second-order valence-electron chi connectivity index (χ2n) is 7.10. The summed E-state index contributed by atoms with van der Waals surface area (Å²) in [5.74, 6) is -0.0191. The van der Waals surface area contributed by atoms with Crippen LogP contribution in [-0.4, -0.2) is 62.4 Å². The third-order valence-corrected chi connectivity index (χ3v) is 7.99. The number of carbonyl (C=O) groups is 1. The van der Waals surface area contributed by atoms with Gasteiger partial charge in [0.2, 0.25) is 10.0 Å². The van der Waals surface area contributed by atoms with E-state index in [4.69, 9.17) is 4.74 Å². The highest BCUT2D eigenvalue weighted by atomic mass is 32.2. The molecule has 0 bridgehead atoms. The van der Waals surface area contributed by atoms with Crippen LogP contribution in [0.25, 0.3) is 0 Å². The fraction of sp³-hybridized carbons (Fsp3) is 0.450. The highest BCUT2D eigenvalue weighted by Gasteiger charge is 2.33. The van der Waals surface area contributed by atoms with E-state index in [1.807, 2.05) is 16.3 Å². The van der Waals surface area contributed by atoms with E-state index in [2.05, 4.69) is 6.07 Å². The first-order valence-corrected chi connectivity index (χ1v) is 11.9. The molecule has 1 aromatic carbocycles. The lowest BCUT2D eigenvalue weighted by molar-refractivity contribution is 0.0730. The Labute approximate surface area is 169 Å². The van der Waals surface area contributed by atoms with Crippen LogP contribution < -0.4 is 0 Å². The first kappa shape index (κ1) is 19.6. The van der Waals surface area contributed by atoms with E-state index in [0.717, 1.165) is 19.3 Å². The zero-order chi connectivity index (χ0) is 19.6. The molecule has 2 fully saturated rings. The number of hydrogen-bond donors (Lipinski definition) is 0. The maximum Gasteiger partial charge on any atom is 0.254 e. The van der Waals surface area contributed by atoms with E-state index in [-0.39, 0.29) is 10.8 Å². The SMILES string of the molecule is O=C(c1ccc(S(=O)(=O)N2CCOCC2)cc1)N(CCc1cccs1)C1CC1. The Morgan fingerprint density at radius 3 is 2.46 bits per heavy atom. The fourth-order valence-corrected chi connectivity index (χ4v) is 5.50. The summed E-state index contributed by atoms with van der Waals surface area (Å²) in [7, 11) is -3.54. The van der Waals surface area contributed by atoms with E-state index < -0.39 is 10.0 Å². The molecule has 6 nitrogen and oxygen atoms in total. The van der Waals surface area contributed by atoms with Crippen LogP contribution in [0, 0.1) is 0 Å². The summed E-state index contributed by atoms with van der Waals surface area (Å²) in [5, 5.41) is 2.05. The van der Waals surface area contributed by atoms with Crippen LogP contribution in [0.2, 0.25) is 0 Å². The van der Waals surface area contributed by atoms with Gasteiger partial charge in [-0.3, -0.25) is 4.79 Å². The monoisotopic (exact) mass is 420 g/mol. The Bertz CT molecular complexity index is 900. The van der Waals surface area contributed by atoms with Gasteiger partial charge in [-0.05, 0) is 55.0 Å². The van der Waals surface area contributed by atoms with Crippen molar-refractivity contribution < 1.29 is 17.9 Å². The van der Waals surface area contributed by atoms with Gasteiger partial charge >= 0.3 is 0 Å². The van der Waals surface area contributed by atoms with Crippen LogP contribution in [0.15, 0.2) is 46.7 Å². The molecule has 1 saturated carbocycles. The average Bonchev–Trinajstić information content (AvgIpc) is 3.43. The first-order chi connectivity index (χ1) is 13.6. The normalized spacial score (nSPS) is 18.1. The lowest BCUT2D eigenvalue weighted by Gasteiger charge is -2.26. The second-order valence-corrected chi connectivity index (χ2v) is 10.1. The molecule has 2 aromatic rings. The quantitative estimate of drug-likeness (QED) is 0.691. The number of benzene rings is 1. The first-order valence-electron chi connectivity index (χ1n) is 9.57. The smallest absolute Gasteiger partial charge is 0.254 e. The minimum atomic E-state index is -3.54. The van der Waals surface area contributed by atoms with Gasteiger partial charge in [0.05, 0.1) is 18.1 Å². The van der Waals surface area contributed by atoms with Crippen LogP contribution in [-0.2, 0) is 21.2 Å². The highest BCUT2D eigenvalue weighted by Crippen LogP contribution is 2.29. The summed E-state index contributed by atoms with van der Waals surface area (Å²) in [6.07, 6.45) is 2.93. The molecule has 1 saturated heterocycles. The molecule has 150 valence electrons. The van der Waals surface area contributed by atoms with Crippen LogP contribution in [0.1, 0.15) is 28.1 Å². The zero-order valence-electron chi connectivity index (χ0n) is 15.6. The molecular formula is C20H24N2O4S2. The largest absolute Gasteiger partial charge is 0.379 e. The van der Waals surface area contributed by atoms with Crippen molar-refractivity contribution in [3.8, 4) is 0 Å². The highest BCUT2D eigenvalue weighted by molar-refractivity contribution is 7.89. The molecule has 1 aliphatic carbocycles. The minimum Gasteiger partial charge on any atom is -0.379 e. The lowest BCUT2D eigenvalue weighted by atomic mass is 10.2. The molecular weight excluding hydrogens is 396 g/mol. The number of hydrogen-bond acceptors (Lipinski definition) is 5. The Balaban J connectivity index is 1.46. The van der Waals surface area contributed by atoms with Gasteiger partial charge in [-0.2, -0.15) is 4.31 Å². The van der Waals surface area contributed by atoms with Gasteiger partial charge in [0.1, 0.15) is 0 Å². The minimum absolute atomic E-state index is 0.0191. The molecule has 8 heteroatoms. The molecule has 4 rings (SSSR count). The van der Waals surface area contributed by atoms with E-state index >= 15 is 0 Å². The topological polar surface area (TPSA) is 66.9 Å². The van der Waals surface area contributed by atoms with Crippen LogP contribution in [0.3, 0.4) is 0 Å². The number of morpholine rings is 1. The summed E-state index contributed by atoms with van der Waals surface area (Å²) in [6, 6.07) is 10.8. The zero-order valence-corrected chi connectivity index (χ0v) is 17.3. The van der Waals surface area contributed by atoms with Crippen molar-refractivity contribution >= 4 is 27.3 Å². The summed E-state index contributed by atoms with van der Waals surface area (Å²) >= 11 is 1.70. The molecule has 1 aromatic heterocycles. The molecule has 1 aliphatic heterocycles. The Hall–Kier alpha value is -1.74. The van der Waals surface area contributed by atoms with Gasteiger partial charge in [0.15, 0.2) is 0 Å². The molecule has 0 spiro atoms. The number of ether oxygens (including phenoxy) is 1. The number of sulfonamides is 1. The third-order valence-electron chi connectivity index (χ3n) is 5.14. The van der Waals surface area contributed by atoms with E-state index in [1.54, 1.807) is 35.6 Å². The predicted octanol–water partition coefficient (Wildman–Crippen LogP) is 2.62. The molecule has 1 amide bonds. The number of rotatable bonds is 7. The Morgan fingerprint density at radius 1 is 1.14 bits per heavy atom. The van der Waals surface area contributed by atoms with Gasteiger partial charge in [0, 0.05) is 36.1 Å². The standard InChI is InChI=1S/C20H24N2O4S2/c23-20(22(17-5-6-17)10-9-18-2-1-15-27-18)16-3-7-19(8-4-16)28(24,25)21-11-13-26-14-12-21/h1-4,7-8,15,17H,5-6,9-14H2. The maximum atomic E-state index is 13.0. The van der Waals surface area contributed by atoms with Crippen molar-refractivity contribution in [3.63, 3.8) is 0 Å². The molecule has 0 unspecified atom stereocenters. The maximum absolute atomic E-state index is 13.0. The van der Waals surface area contributed by atoms with Crippen LogP contribution in [0.5, 0.6) is 0 Å². The number of nitrogens with zero attached hydrogens (tertiary/aromatic N) is 2. The summed E-state index contributed by atoms with van der Waals surface area (Å²) in [6.45, 7) is 2.24. The van der Waals surface area contributed by atoms with Crippen LogP contribution >= 0.6 is 11.3 Å². The average molecular weight is 421 g/mol. The van der Waals surface area contributed by atoms with Crippen molar-refractivity contribution in [2.24, 2.45) is 0 Å². The van der Waals surface area contributed by atoms with Gasteiger partial charge in [-0.1, -0.05) is 6.07 Å². The summed E-state index contributed by atoms with van der Waals surface area (Å²) < 4.78 is 32.1. The van der Waals surface area contributed by atoms with Crippen molar-refractivity contribution in [1.82, 2.24) is 9.21 Å². The van der Waals surface area contributed by atoms with Crippen molar-refractivity contribution in [2.45, 2.75) is 30.2 Å². The summed E-state index contributed by atoms with van der Waals surface area (Å²) in [4.78, 5) is 16.4. The number of carbonyl (C=O) groups excluding carboxylic acids is 1. The third kappa shape index (κ3) is 4.30. The van der Waals surface area contributed by atoms with E-state index in [0.29, 0.717) is 44.5 Å². The molecule has 0 atom stereocenters. The Morgan fingerprint density at radius 2 is 1.86 bits per heavy atom. The molecule has 2 aliphatic rings. The van der Waals surface area contributed by atoms with Gasteiger partial charge in [0.25, 0.3) is 5.91 Å². The van der Waals surface area contributed by atoms with Gasteiger partial charge in [-0.25, -0.2) is 8.42 Å². The van der Waals surface area contributed by atoms with Crippen molar-refractivity contribution in [1.29, 1.82) is 0 Å². The Kier molecular flexibility index (Phi) is 5.82. The summed E-state index contributed by atoms with van der Waals surface area (Å²) in [5.41, 5.74) is 0.541. The van der Waals surface area contributed by atoms with Crippen molar-refractivity contribution in [3.05, 3.63) is 52.2 Å². The van der Waals surface area contributed by atoms with Crippen molar-refractivity contribution in [2.75, 3.05) is 32.8 Å². The fourth-order valence-electron chi connectivity index (χ4n) is 3.39. The number of amides is 1. The van der Waals surface area contributed by atoms with Crippen LogP contribution in [0.4, 0.5) is 0 Å². The van der Waals surface area contributed by atoms with E-state index in [1.165, 1.54) is 9.18 Å². The second kappa shape index (κ2) is 8.32.